The van der Waals surface area contributed by atoms with Crippen molar-refractivity contribution in [2.24, 2.45) is 0 Å². The molecule has 0 spiro atoms. The molecule has 0 saturated carbocycles. The minimum atomic E-state index is -4.09. The molecule has 2 aromatic carbocycles. The van der Waals surface area contributed by atoms with E-state index in [1.54, 1.807) is 18.2 Å². The number of carbonyl (C=O) groups excluding carboxylic acids is 1. The summed E-state index contributed by atoms with van der Waals surface area (Å²) in [5.41, 5.74) is -0.0246. The van der Waals surface area contributed by atoms with E-state index in [2.05, 4.69) is 10.0 Å². The van der Waals surface area contributed by atoms with Crippen LogP contribution in [0.25, 0.3) is 0 Å². The van der Waals surface area contributed by atoms with Gasteiger partial charge in [-0.1, -0.05) is 24.3 Å². The van der Waals surface area contributed by atoms with E-state index in [4.69, 9.17) is 14.3 Å². The average Bonchev–Trinajstić information content (AvgIpc) is 3.35. The molecule has 12 heteroatoms. The van der Waals surface area contributed by atoms with Crippen molar-refractivity contribution in [2.45, 2.75) is 23.9 Å². The van der Waals surface area contributed by atoms with Crippen molar-refractivity contribution in [2.75, 3.05) is 6.61 Å². The zero-order valence-electron chi connectivity index (χ0n) is 18.2. The van der Waals surface area contributed by atoms with E-state index < -0.39 is 40.5 Å². The topological polar surface area (TPSA) is 172 Å². The predicted molar refractivity (Wildman–Crippen MR) is 121 cm³/mol. The van der Waals surface area contributed by atoms with Crippen LogP contribution >= 0.6 is 0 Å². The number of aliphatic carboxylic acids is 1. The van der Waals surface area contributed by atoms with Crippen LogP contribution in [0.3, 0.4) is 0 Å². The van der Waals surface area contributed by atoms with Gasteiger partial charge in [0, 0.05) is 0 Å². The fourth-order valence-electron chi connectivity index (χ4n) is 3.13. The Labute approximate surface area is 200 Å². The number of carbonyl (C=O) groups is 3. The third-order valence-corrected chi connectivity index (χ3v) is 6.24. The van der Waals surface area contributed by atoms with E-state index in [1.165, 1.54) is 48.7 Å². The summed E-state index contributed by atoms with van der Waals surface area (Å²) in [4.78, 5) is 35.3. The first-order valence-corrected chi connectivity index (χ1v) is 11.7. The van der Waals surface area contributed by atoms with Crippen molar-refractivity contribution in [3.05, 3.63) is 83.8 Å². The highest BCUT2D eigenvalue weighted by molar-refractivity contribution is 7.89. The number of benzene rings is 2. The van der Waals surface area contributed by atoms with Crippen molar-refractivity contribution in [3.8, 4) is 5.75 Å². The minimum Gasteiger partial charge on any atom is -0.481 e. The van der Waals surface area contributed by atoms with Gasteiger partial charge >= 0.3 is 11.9 Å². The van der Waals surface area contributed by atoms with Crippen LogP contribution in [0, 0.1) is 0 Å². The van der Waals surface area contributed by atoms with Crippen molar-refractivity contribution < 1.29 is 42.2 Å². The largest absolute Gasteiger partial charge is 0.481 e. The van der Waals surface area contributed by atoms with Crippen molar-refractivity contribution in [1.29, 1.82) is 0 Å². The summed E-state index contributed by atoms with van der Waals surface area (Å²) in [5, 5.41) is 20.9. The first kappa shape index (κ1) is 25.5. The van der Waals surface area contributed by atoms with Crippen LogP contribution in [-0.4, -0.2) is 49.1 Å². The Morgan fingerprint density at radius 3 is 2.37 bits per heavy atom. The van der Waals surface area contributed by atoms with Gasteiger partial charge in [0.25, 0.3) is 0 Å². The van der Waals surface area contributed by atoms with Crippen LogP contribution in [-0.2, 0) is 32.6 Å². The molecule has 11 nitrogen and oxygen atoms in total. The predicted octanol–water partition coefficient (Wildman–Crippen LogP) is 1.65. The lowest BCUT2D eigenvalue weighted by molar-refractivity contribution is -0.139. The van der Waals surface area contributed by atoms with Crippen molar-refractivity contribution >= 4 is 27.9 Å². The molecule has 1 aromatic heterocycles. The van der Waals surface area contributed by atoms with Crippen LogP contribution in [0.1, 0.15) is 21.7 Å². The van der Waals surface area contributed by atoms with E-state index in [9.17, 15) is 27.9 Å². The lowest BCUT2D eigenvalue weighted by Crippen LogP contribution is -2.47. The van der Waals surface area contributed by atoms with Gasteiger partial charge in [-0.2, -0.15) is 4.72 Å². The second kappa shape index (κ2) is 11.3. The molecule has 1 heterocycles. The molecular formula is C23H22N2O9S. The number of hydrogen-bond acceptors (Lipinski definition) is 7. The third kappa shape index (κ3) is 7.16. The minimum absolute atomic E-state index is 0.0116. The normalized spacial score (nSPS) is 12.0. The van der Waals surface area contributed by atoms with Crippen LogP contribution < -0.4 is 14.8 Å². The summed E-state index contributed by atoms with van der Waals surface area (Å²) in [6.07, 6.45) is 1.23. The Morgan fingerprint density at radius 2 is 1.74 bits per heavy atom. The Kier molecular flexibility index (Phi) is 8.23. The number of rotatable bonds is 12. The number of furan rings is 1. The third-order valence-electron chi connectivity index (χ3n) is 4.75. The van der Waals surface area contributed by atoms with E-state index in [0.29, 0.717) is 11.3 Å². The number of carboxylic acids is 2. The fraction of sp³-hybridized carbons (Fsp3) is 0.174. The quantitative estimate of drug-likeness (QED) is 0.287. The number of ether oxygens (including phenoxy) is 1. The van der Waals surface area contributed by atoms with E-state index in [-0.39, 0.29) is 29.2 Å². The van der Waals surface area contributed by atoms with E-state index in [1.807, 2.05) is 0 Å². The van der Waals surface area contributed by atoms with Crippen molar-refractivity contribution in [3.63, 3.8) is 0 Å². The molecule has 4 N–H and O–H groups in total. The summed E-state index contributed by atoms with van der Waals surface area (Å²) in [7, 11) is -4.09. The standard InChI is InChI=1S/C23H22N2O9S/c26-21(27)14-34-20-9-8-15(11-18(20)23(29)30)12-19(22(28)24-13-16-5-4-10-33-16)25-35(31,32)17-6-2-1-3-7-17/h1-11,19,25H,12-14H2,(H,24,28)(H,26,27)(H,29,30)/t19-/m0/s1. The van der Waals surface area contributed by atoms with Crippen LogP contribution in [0.15, 0.2) is 76.2 Å². The lowest BCUT2D eigenvalue weighted by Gasteiger charge is -2.19. The molecule has 0 bridgehead atoms. The second-order valence-corrected chi connectivity index (χ2v) is 9.02. The SMILES string of the molecule is O=C(O)COc1ccc(C[C@H](NS(=O)(=O)c2ccccc2)C(=O)NCc2ccco2)cc1C(=O)O. The maximum Gasteiger partial charge on any atom is 0.341 e. The van der Waals surface area contributed by atoms with Gasteiger partial charge in [-0.05, 0) is 48.4 Å². The molecule has 1 amide bonds. The highest BCUT2D eigenvalue weighted by atomic mass is 32.2. The van der Waals surface area contributed by atoms with Crippen molar-refractivity contribution in [1.82, 2.24) is 10.0 Å². The zero-order chi connectivity index (χ0) is 25.4. The lowest BCUT2D eigenvalue weighted by atomic mass is 10.0. The highest BCUT2D eigenvalue weighted by Gasteiger charge is 2.27. The molecule has 3 aromatic rings. The smallest absolute Gasteiger partial charge is 0.341 e. The Hall–Kier alpha value is -4.16. The Balaban J connectivity index is 1.86. The summed E-state index contributed by atoms with van der Waals surface area (Å²) in [5.74, 6) is -3.04. The van der Waals surface area contributed by atoms with Gasteiger partial charge in [-0.3, -0.25) is 4.79 Å². The van der Waals surface area contributed by atoms with Gasteiger partial charge in [-0.25, -0.2) is 18.0 Å². The summed E-state index contributed by atoms with van der Waals surface area (Å²) < 4.78 is 38.3. The monoisotopic (exact) mass is 502 g/mol. The average molecular weight is 503 g/mol. The highest BCUT2D eigenvalue weighted by Crippen LogP contribution is 2.22. The Bertz CT molecular complexity index is 1290. The Morgan fingerprint density at radius 1 is 1.00 bits per heavy atom. The number of sulfonamides is 1. The van der Waals surface area contributed by atoms with Crippen LogP contribution in [0.4, 0.5) is 0 Å². The van der Waals surface area contributed by atoms with Crippen LogP contribution in [0.2, 0.25) is 0 Å². The second-order valence-electron chi connectivity index (χ2n) is 7.31. The van der Waals surface area contributed by atoms with Gasteiger partial charge in [0.2, 0.25) is 15.9 Å². The van der Waals surface area contributed by atoms with Gasteiger partial charge in [-0.15, -0.1) is 0 Å². The fourth-order valence-corrected chi connectivity index (χ4v) is 4.34. The first-order chi connectivity index (χ1) is 16.7. The number of hydrogen-bond donors (Lipinski definition) is 4. The molecule has 0 unspecified atom stereocenters. The molecule has 35 heavy (non-hydrogen) atoms. The molecule has 0 aliphatic rings. The molecule has 0 aliphatic heterocycles. The number of carboxylic acid groups (broad SMARTS) is 2. The molecule has 0 saturated heterocycles. The van der Waals surface area contributed by atoms with Gasteiger partial charge in [0.15, 0.2) is 6.61 Å². The molecule has 3 rings (SSSR count). The summed E-state index contributed by atoms with van der Waals surface area (Å²) in [6.45, 7) is -0.730. The maximum atomic E-state index is 12.9. The van der Waals surface area contributed by atoms with Crippen LogP contribution in [0.5, 0.6) is 5.75 Å². The first-order valence-electron chi connectivity index (χ1n) is 10.2. The molecular weight excluding hydrogens is 480 g/mol. The van der Waals surface area contributed by atoms with Gasteiger partial charge in [0.1, 0.15) is 23.1 Å². The number of nitrogens with one attached hydrogen (secondary N) is 2. The van der Waals surface area contributed by atoms with Gasteiger partial charge < -0.3 is 24.7 Å². The van der Waals surface area contributed by atoms with Gasteiger partial charge in [0.05, 0.1) is 17.7 Å². The summed E-state index contributed by atoms with van der Waals surface area (Å²) in [6, 6.07) is 13.3. The number of amides is 1. The molecule has 184 valence electrons. The molecule has 1 atom stereocenters. The number of aromatic carboxylic acids is 1. The van der Waals surface area contributed by atoms with E-state index >= 15 is 0 Å². The van der Waals surface area contributed by atoms with E-state index in [0.717, 1.165) is 0 Å². The molecule has 0 aliphatic carbocycles. The zero-order valence-corrected chi connectivity index (χ0v) is 19.0. The maximum absolute atomic E-state index is 12.9. The molecule has 0 radical (unpaired) electrons. The summed E-state index contributed by atoms with van der Waals surface area (Å²) >= 11 is 0. The molecule has 0 fully saturated rings.